The highest BCUT2D eigenvalue weighted by molar-refractivity contribution is 6.00. The van der Waals surface area contributed by atoms with Crippen molar-refractivity contribution in [3.8, 4) is 0 Å². The first kappa shape index (κ1) is 24.2. The third-order valence-electron chi connectivity index (χ3n) is 6.95. The summed E-state index contributed by atoms with van der Waals surface area (Å²) < 4.78 is 14.0. The summed E-state index contributed by atoms with van der Waals surface area (Å²) in [4.78, 5) is 30.8. The number of hydrogen-bond acceptors (Lipinski definition) is 9. The SMILES string of the molecule is CNc1cc(Nc2cccn(C3CCC(OC)CC3)c2=O)nc2c(C(=O)NC3COC[C@@H]3O)cnn12. The molecule has 2 fully saturated rings. The predicted molar refractivity (Wildman–Crippen MR) is 133 cm³/mol. The molecule has 0 radical (unpaired) electrons. The van der Waals surface area contributed by atoms with Gasteiger partial charge in [0.15, 0.2) is 5.65 Å². The quantitative estimate of drug-likeness (QED) is 0.380. The van der Waals surface area contributed by atoms with Crippen molar-refractivity contribution in [2.24, 2.45) is 0 Å². The average molecular weight is 498 g/mol. The summed E-state index contributed by atoms with van der Waals surface area (Å²) in [6.07, 6.45) is 6.34. The van der Waals surface area contributed by atoms with Gasteiger partial charge in [0, 0.05) is 32.5 Å². The molecule has 12 nitrogen and oxygen atoms in total. The van der Waals surface area contributed by atoms with Crippen molar-refractivity contribution in [1.29, 1.82) is 0 Å². The van der Waals surface area contributed by atoms with Crippen molar-refractivity contribution >= 4 is 28.9 Å². The predicted octanol–water partition coefficient (Wildman–Crippen LogP) is 1.30. The monoisotopic (exact) mass is 497 g/mol. The van der Waals surface area contributed by atoms with Gasteiger partial charge in [0.25, 0.3) is 11.5 Å². The molecule has 0 spiro atoms. The number of carbonyl (C=O) groups is 1. The van der Waals surface area contributed by atoms with Gasteiger partial charge in [0.05, 0.1) is 37.7 Å². The number of anilines is 3. The van der Waals surface area contributed by atoms with Gasteiger partial charge in [-0.15, -0.1) is 0 Å². The molecule has 4 N–H and O–H groups in total. The number of aromatic nitrogens is 4. The normalized spacial score (nSPS) is 24.1. The molecular formula is C24H31N7O5. The maximum Gasteiger partial charge on any atom is 0.274 e. The number of methoxy groups -OCH3 is 1. The van der Waals surface area contributed by atoms with E-state index < -0.39 is 18.1 Å². The Morgan fingerprint density at radius 2 is 2.06 bits per heavy atom. The number of amides is 1. The first-order valence-corrected chi connectivity index (χ1v) is 12.1. The van der Waals surface area contributed by atoms with E-state index in [0.29, 0.717) is 23.0 Å². The Balaban J connectivity index is 1.42. The Labute approximate surface area is 207 Å². The maximum absolute atomic E-state index is 13.3. The second kappa shape index (κ2) is 10.2. The minimum Gasteiger partial charge on any atom is -0.388 e. The Hall–Kier alpha value is -3.48. The first-order valence-electron chi connectivity index (χ1n) is 12.1. The standard InChI is InChI=1S/C24H31N7O5/c1-25-21-10-20(27-17-4-3-9-30(24(17)34)14-5-7-15(35-2)8-6-14)29-22-16(11-26-31(21)22)23(33)28-18-12-36-13-19(18)32/h3-4,9-11,14-15,18-19,25,32H,5-8,12-13H2,1-2H3,(H,27,29)(H,28,33)/t14?,15?,18?,19-/m0/s1. The van der Waals surface area contributed by atoms with Crippen molar-refractivity contribution in [2.45, 2.75) is 50.0 Å². The number of fused-ring (bicyclic) bond motifs is 1. The number of ether oxygens (including phenoxy) is 2. The molecule has 1 saturated heterocycles. The van der Waals surface area contributed by atoms with Crippen LogP contribution in [-0.2, 0) is 9.47 Å². The molecule has 2 atom stereocenters. The Morgan fingerprint density at radius 1 is 1.25 bits per heavy atom. The van der Waals surface area contributed by atoms with E-state index in [1.165, 1.54) is 10.7 Å². The molecule has 36 heavy (non-hydrogen) atoms. The molecule has 1 aliphatic heterocycles. The summed E-state index contributed by atoms with van der Waals surface area (Å²) in [5.41, 5.74) is 0.814. The number of nitrogens with one attached hydrogen (secondary N) is 3. The molecule has 1 saturated carbocycles. The number of pyridine rings is 1. The van der Waals surface area contributed by atoms with Gasteiger partial charge in [0.1, 0.15) is 22.9 Å². The topological polar surface area (TPSA) is 144 Å². The van der Waals surface area contributed by atoms with Crippen molar-refractivity contribution in [1.82, 2.24) is 24.5 Å². The summed E-state index contributed by atoms with van der Waals surface area (Å²) in [6.45, 7) is 0.417. The zero-order chi connectivity index (χ0) is 25.2. The van der Waals surface area contributed by atoms with Gasteiger partial charge in [0.2, 0.25) is 0 Å². The van der Waals surface area contributed by atoms with E-state index in [9.17, 15) is 14.7 Å². The highest BCUT2D eigenvalue weighted by Crippen LogP contribution is 2.29. The molecule has 3 aromatic rings. The third kappa shape index (κ3) is 4.66. The fourth-order valence-electron chi connectivity index (χ4n) is 4.88. The highest BCUT2D eigenvalue weighted by atomic mass is 16.5. The Morgan fingerprint density at radius 3 is 2.75 bits per heavy atom. The summed E-state index contributed by atoms with van der Waals surface area (Å²) in [5, 5.41) is 23.2. The summed E-state index contributed by atoms with van der Waals surface area (Å²) in [5.74, 6) is 0.559. The van der Waals surface area contributed by atoms with Gasteiger partial charge >= 0.3 is 0 Å². The van der Waals surface area contributed by atoms with E-state index in [1.54, 1.807) is 30.9 Å². The van der Waals surface area contributed by atoms with Gasteiger partial charge in [-0.05, 0) is 37.8 Å². The minimum atomic E-state index is -0.765. The van der Waals surface area contributed by atoms with Crippen LogP contribution in [0.4, 0.5) is 17.3 Å². The van der Waals surface area contributed by atoms with Crippen LogP contribution in [0.3, 0.4) is 0 Å². The van der Waals surface area contributed by atoms with Crippen molar-refractivity contribution < 1.29 is 19.4 Å². The second-order valence-electron chi connectivity index (χ2n) is 9.18. The van der Waals surface area contributed by atoms with Crippen LogP contribution in [0.1, 0.15) is 42.1 Å². The van der Waals surface area contributed by atoms with Crippen LogP contribution >= 0.6 is 0 Å². The van der Waals surface area contributed by atoms with E-state index in [4.69, 9.17) is 9.47 Å². The van der Waals surface area contributed by atoms with E-state index in [1.807, 2.05) is 12.3 Å². The van der Waals surface area contributed by atoms with E-state index in [2.05, 4.69) is 26.0 Å². The summed E-state index contributed by atoms with van der Waals surface area (Å²) in [6, 6.07) is 4.90. The minimum absolute atomic E-state index is 0.119. The number of nitrogens with zero attached hydrogens (tertiary/aromatic N) is 4. The van der Waals surface area contributed by atoms with Crippen LogP contribution in [-0.4, -0.2) is 75.8 Å². The molecule has 0 aromatic carbocycles. The molecule has 1 amide bonds. The summed E-state index contributed by atoms with van der Waals surface area (Å²) in [7, 11) is 3.46. The van der Waals surface area contributed by atoms with Crippen LogP contribution in [0.15, 0.2) is 35.4 Å². The van der Waals surface area contributed by atoms with Crippen LogP contribution in [0.25, 0.3) is 5.65 Å². The first-order chi connectivity index (χ1) is 17.5. The highest BCUT2D eigenvalue weighted by Gasteiger charge is 2.29. The van der Waals surface area contributed by atoms with Crippen molar-refractivity contribution in [3.05, 3.63) is 46.5 Å². The molecule has 12 heteroatoms. The van der Waals surface area contributed by atoms with Crippen LogP contribution in [0, 0.1) is 0 Å². The molecule has 4 heterocycles. The maximum atomic E-state index is 13.3. The molecule has 1 unspecified atom stereocenters. The molecular weight excluding hydrogens is 466 g/mol. The number of rotatable bonds is 7. The van der Waals surface area contributed by atoms with Crippen LogP contribution in [0.5, 0.6) is 0 Å². The van der Waals surface area contributed by atoms with E-state index in [0.717, 1.165) is 25.7 Å². The Bertz CT molecular complexity index is 1300. The molecule has 5 rings (SSSR count). The lowest BCUT2D eigenvalue weighted by Crippen LogP contribution is -2.42. The molecule has 1 aliphatic carbocycles. The van der Waals surface area contributed by atoms with Gasteiger partial charge in [-0.2, -0.15) is 9.61 Å². The largest absolute Gasteiger partial charge is 0.388 e. The van der Waals surface area contributed by atoms with E-state index >= 15 is 0 Å². The molecule has 192 valence electrons. The lowest BCUT2D eigenvalue weighted by atomic mass is 9.92. The molecule has 0 bridgehead atoms. The van der Waals surface area contributed by atoms with Crippen LogP contribution < -0.4 is 21.5 Å². The molecule has 3 aromatic heterocycles. The smallest absolute Gasteiger partial charge is 0.274 e. The third-order valence-corrected chi connectivity index (χ3v) is 6.95. The van der Waals surface area contributed by atoms with Gasteiger partial charge in [-0.25, -0.2) is 4.98 Å². The summed E-state index contributed by atoms with van der Waals surface area (Å²) >= 11 is 0. The number of aliphatic hydroxyl groups is 1. The van der Waals surface area contributed by atoms with Gasteiger partial charge in [-0.1, -0.05) is 0 Å². The van der Waals surface area contributed by atoms with Gasteiger partial charge in [-0.3, -0.25) is 9.59 Å². The van der Waals surface area contributed by atoms with Crippen molar-refractivity contribution in [3.63, 3.8) is 0 Å². The number of aliphatic hydroxyl groups excluding tert-OH is 1. The van der Waals surface area contributed by atoms with Crippen molar-refractivity contribution in [2.75, 3.05) is 38.0 Å². The second-order valence-corrected chi connectivity index (χ2v) is 9.18. The number of carbonyl (C=O) groups excluding carboxylic acids is 1. The lowest BCUT2D eigenvalue weighted by molar-refractivity contribution is 0.0580. The lowest BCUT2D eigenvalue weighted by Gasteiger charge is -2.29. The van der Waals surface area contributed by atoms with E-state index in [-0.39, 0.29) is 36.5 Å². The molecule has 2 aliphatic rings. The van der Waals surface area contributed by atoms with Gasteiger partial charge < -0.3 is 35.1 Å². The van der Waals surface area contributed by atoms with Crippen LogP contribution in [0.2, 0.25) is 0 Å². The average Bonchev–Trinajstić information content (AvgIpc) is 3.51. The Kier molecular flexibility index (Phi) is 6.90. The zero-order valence-electron chi connectivity index (χ0n) is 20.3. The fraction of sp³-hybridized carbons (Fsp3) is 0.500. The fourth-order valence-corrected chi connectivity index (χ4v) is 4.88. The number of hydrogen-bond donors (Lipinski definition) is 4. The zero-order valence-corrected chi connectivity index (χ0v) is 20.3.